The van der Waals surface area contributed by atoms with Crippen LogP contribution in [-0.2, 0) is 27.4 Å². The number of esters is 1. The molecule has 0 spiro atoms. The number of aromatic nitrogens is 1. The number of aliphatic hydroxyl groups excluding tert-OH is 1. The third-order valence-corrected chi connectivity index (χ3v) is 8.33. The molecule has 1 unspecified atom stereocenters. The first kappa shape index (κ1) is 28.8. The van der Waals surface area contributed by atoms with Crippen molar-refractivity contribution in [2.45, 2.75) is 39.8 Å². The third-order valence-electron chi connectivity index (χ3n) is 7.20. The molecule has 1 N–H and O–H groups in total. The molecule has 1 saturated heterocycles. The summed E-state index contributed by atoms with van der Waals surface area (Å²) in [4.78, 5) is 45.3. The molecule has 0 saturated carbocycles. The zero-order chi connectivity index (χ0) is 30.0. The zero-order valence-corrected chi connectivity index (χ0v) is 24.5. The van der Waals surface area contributed by atoms with Gasteiger partial charge in [-0.15, -0.1) is 0 Å². The van der Waals surface area contributed by atoms with Crippen molar-refractivity contribution >= 4 is 39.9 Å². The van der Waals surface area contributed by atoms with Gasteiger partial charge in [-0.25, -0.2) is 9.78 Å². The summed E-state index contributed by atoms with van der Waals surface area (Å²) in [6.45, 7) is 5.90. The summed E-state index contributed by atoms with van der Waals surface area (Å²) in [7, 11) is 1.27. The van der Waals surface area contributed by atoms with Gasteiger partial charge in [-0.1, -0.05) is 72.9 Å². The SMILES string of the molecule is CCc1ccc(C2C(=C(O)c3ccc(OCc4ccccc4)c(C)c3)C(=O)C(=O)N2c2nc(C)c(C(=O)OC)s2)cc1. The lowest BCUT2D eigenvalue weighted by atomic mass is 9.94. The number of methoxy groups -OCH3 is 1. The lowest BCUT2D eigenvalue weighted by Crippen LogP contribution is -2.29. The van der Waals surface area contributed by atoms with Gasteiger partial charge in [-0.2, -0.15) is 0 Å². The number of carbonyl (C=O) groups excluding carboxylic acids is 3. The molecule has 3 aromatic carbocycles. The maximum Gasteiger partial charge on any atom is 0.350 e. The van der Waals surface area contributed by atoms with Gasteiger partial charge in [0, 0.05) is 5.56 Å². The number of benzene rings is 3. The van der Waals surface area contributed by atoms with E-state index in [1.807, 2.05) is 68.4 Å². The van der Waals surface area contributed by atoms with Crippen LogP contribution in [0.15, 0.2) is 78.4 Å². The lowest BCUT2D eigenvalue weighted by Gasteiger charge is -2.23. The van der Waals surface area contributed by atoms with Gasteiger partial charge in [0.2, 0.25) is 0 Å². The normalized spacial score (nSPS) is 16.1. The van der Waals surface area contributed by atoms with Crippen molar-refractivity contribution in [2.24, 2.45) is 0 Å². The highest BCUT2D eigenvalue weighted by Crippen LogP contribution is 2.44. The highest BCUT2D eigenvalue weighted by atomic mass is 32.1. The maximum atomic E-state index is 13.6. The van der Waals surface area contributed by atoms with Gasteiger partial charge in [-0.05, 0) is 60.7 Å². The van der Waals surface area contributed by atoms with Gasteiger partial charge in [0.05, 0.1) is 24.4 Å². The van der Waals surface area contributed by atoms with Crippen LogP contribution in [0.3, 0.4) is 0 Å². The van der Waals surface area contributed by atoms with E-state index in [0.29, 0.717) is 29.2 Å². The highest BCUT2D eigenvalue weighted by Gasteiger charge is 2.48. The second-order valence-electron chi connectivity index (χ2n) is 9.92. The number of hydrogen-bond acceptors (Lipinski definition) is 8. The van der Waals surface area contributed by atoms with Gasteiger partial charge < -0.3 is 14.6 Å². The Labute approximate surface area is 247 Å². The van der Waals surface area contributed by atoms with Gasteiger partial charge >= 0.3 is 11.9 Å². The number of hydrogen-bond donors (Lipinski definition) is 1. The average Bonchev–Trinajstić information content (AvgIpc) is 3.52. The molecule has 1 fully saturated rings. The van der Waals surface area contributed by atoms with E-state index < -0.39 is 23.7 Å². The van der Waals surface area contributed by atoms with Crippen LogP contribution in [0, 0.1) is 13.8 Å². The number of ether oxygens (including phenoxy) is 2. The summed E-state index contributed by atoms with van der Waals surface area (Å²) in [5.74, 6) is -1.94. The molecule has 2 heterocycles. The van der Waals surface area contributed by atoms with E-state index in [4.69, 9.17) is 9.47 Å². The molecule has 4 aromatic rings. The molecule has 0 aliphatic carbocycles. The van der Waals surface area contributed by atoms with Crippen molar-refractivity contribution in [1.29, 1.82) is 0 Å². The molecule has 42 heavy (non-hydrogen) atoms. The van der Waals surface area contributed by atoms with Gasteiger partial charge in [0.25, 0.3) is 5.78 Å². The first-order valence-corrected chi connectivity index (χ1v) is 14.3. The number of aliphatic hydroxyl groups is 1. The third kappa shape index (κ3) is 5.43. The van der Waals surface area contributed by atoms with Gasteiger partial charge in [0.1, 0.15) is 23.0 Å². The van der Waals surface area contributed by atoms with Crippen LogP contribution in [-0.4, -0.2) is 34.9 Å². The molecule has 5 rings (SSSR count). The van der Waals surface area contributed by atoms with Crippen molar-refractivity contribution in [2.75, 3.05) is 12.0 Å². The quantitative estimate of drug-likeness (QED) is 0.112. The Morgan fingerprint density at radius 3 is 2.36 bits per heavy atom. The number of carbonyl (C=O) groups is 3. The summed E-state index contributed by atoms with van der Waals surface area (Å²) >= 11 is 0.965. The number of anilines is 1. The molecule has 0 bridgehead atoms. The number of amides is 1. The second kappa shape index (κ2) is 12.0. The highest BCUT2D eigenvalue weighted by molar-refractivity contribution is 7.17. The molecule has 1 aliphatic heterocycles. The molecule has 1 atom stereocenters. The monoisotopic (exact) mass is 582 g/mol. The van der Waals surface area contributed by atoms with E-state index in [1.165, 1.54) is 12.0 Å². The first-order valence-electron chi connectivity index (χ1n) is 13.5. The van der Waals surface area contributed by atoms with Crippen molar-refractivity contribution in [3.8, 4) is 5.75 Å². The number of nitrogens with zero attached hydrogens (tertiary/aromatic N) is 2. The van der Waals surface area contributed by atoms with E-state index >= 15 is 0 Å². The fourth-order valence-corrected chi connectivity index (χ4v) is 5.91. The van der Waals surface area contributed by atoms with E-state index in [-0.39, 0.29) is 21.3 Å². The standard InChI is InChI=1S/C33H30N2O6S/c1-5-21-11-13-23(14-12-21)27-26(29(37)31(38)35(27)33-34-20(3)30(42-33)32(39)40-4)28(36)24-15-16-25(19(2)17-24)41-18-22-9-7-6-8-10-22/h6-17,27,36H,5,18H2,1-4H3. The Morgan fingerprint density at radius 1 is 1.00 bits per heavy atom. The van der Waals surface area contributed by atoms with Crippen LogP contribution in [0.2, 0.25) is 0 Å². The molecule has 1 aliphatic rings. The Balaban J connectivity index is 1.57. The molecule has 214 valence electrons. The van der Waals surface area contributed by atoms with Crippen molar-refractivity contribution in [1.82, 2.24) is 4.98 Å². The molecule has 1 aromatic heterocycles. The molecular formula is C33H30N2O6S. The van der Waals surface area contributed by atoms with Gasteiger partial charge in [0.15, 0.2) is 5.13 Å². The van der Waals surface area contributed by atoms with Crippen LogP contribution < -0.4 is 9.64 Å². The molecule has 9 heteroatoms. The minimum atomic E-state index is -0.957. The zero-order valence-electron chi connectivity index (χ0n) is 23.7. The summed E-state index contributed by atoms with van der Waals surface area (Å²) in [6.07, 6.45) is 0.812. The molecule has 1 amide bonds. The smallest absolute Gasteiger partial charge is 0.350 e. The number of Topliss-reactive ketones (excluding diaryl/α,β-unsaturated/α-hetero) is 1. The number of thiazole rings is 1. The summed E-state index contributed by atoms with van der Waals surface area (Å²) < 4.78 is 10.8. The van der Waals surface area contributed by atoms with E-state index in [2.05, 4.69) is 4.98 Å². The second-order valence-corrected chi connectivity index (χ2v) is 10.9. The van der Waals surface area contributed by atoms with Crippen LogP contribution in [0.25, 0.3) is 5.76 Å². The minimum absolute atomic E-state index is 0.0610. The van der Waals surface area contributed by atoms with Crippen LogP contribution in [0.5, 0.6) is 5.75 Å². The summed E-state index contributed by atoms with van der Waals surface area (Å²) in [6, 6.07) is 21.5. The van der Waals surface area contributed by atoms with Crippen LogP contribution >= 0.6 is 11.3 Å². The Morgan fingerprint density at radius 2 is 1.71 bits per heavy atom. The van der Waals surface area contributed by atoms with E-state index in [0.717, 1.165) is 34.4 Å². The Hall–Kier alpha value is -4.76. The van der Waals surface area contributed by atoms with Gasteiger partial charge in [-0.3, -0.25) is 14.5 Å². The summed E-state index contributed by atoms with van der Waals surface area (Å²) in [5.41, 5.74) is 4.17. The van der Waals surface area contributed by atoms with E-state index in [1.54, 1.807) is 25.1 Å². The Bertz CT molecular complexity index is 1690. The lowest BCUT2D eigenvalue weighted by molar-refractivity contribution is -0.132. The maximum absolute atomic E-state index is 13.6. The number of aryl methyl sites for hydroxylation is 3. The Kier molecular flexibility index (Phi) is 8.22. The predicted molar refractivity (Wildman–Crippen MR) is 161 cm³/mol. The van der Waals surface area contributed by atoms with Crippen molar-refractivity contribution in [3.63, 3.8) is 0 Å². The summed E-state index contributed by atoms with van der Waals surface area (Å²) in [5, 5.41) is 11.7. The first-order chi connectivity index (χ1) is 20.2. The predicted octanol–water partition coefficient (Wildman–Crippen LogP) is 6.31. The fourth-order valence-electron chi connectivity index (χ4n) is 4.90. The number of rotatable bonds is 8. The molecular weight excluding hydrogens is 552 g/mol. The topological polar surface area (TPSA) is 106 Å². The molecule has 0 radical (unpaired) electrons. The van der Waals surface area contributed by atoms with Crippen LogP contribution in [0.1, 0.15) is 56.1 Å². The largest absolute Gasteiger partial charge is 0.507 e. The van der Waals surface area contributed by atoms with Crippen LogP contribution in [0.4, 0.5) is 5.13 Å². The molecule has 8 nitrogen and oxygen atoms in total. The fraction of sp³-hybridized carbons (Fsp3) is 0.212. The average molecular weight is 583 g/mol. The van der Waals surface area contributed by atoms with Crippen molar-refractivity contribution in [3.05, 3.63) is 117 Å². The number of ketones is 1. The van der Waals surface area contributed by atoms with Crippen molar-refractivity contribution < 1.29 is 29.0 Å². The van der Waals surface area contributed by atoms with E-state index in [9.17, 15) is 19.5 Å². The minimum Gasteiger partial charge on any atom is -0.507 e.